The molecule has 1 fully saturated rings. The molecule has 1 heterocycles. The van der Waals surface area contributed by atoms with Crippen LogP contribution in [0.5, 0.6) is 11.5 Å². The fraction of sp³-hybridized carbons (Fsp3) is 0.647. The van der Waals surface area contributed by atoms with Gasteiger partial charge in [0, 0.05) is 12.1 Å². The largest absolute Gasteiger partial charge is 0.486 e. The molecule has 3 heteroatoms. The van der Waals surface area contributed by atoms with Crippen molar-refractivity contribution < 1.29 is 9.47 Å². The van der Waals surface area contributed by atoms with E-state index in [0.717, 1.165) is 11.5 Å². The Labute approximate surface area is 121 Å². The molecule has 0 aromatic heterocycles. The molecule has 0 spiro atoms. The maximum atomic E-state index is 5.67. The molecule has 0 saturated heterocycles. The molecule has 3 nitrogen and oxygen atoms in total. The molecular weight excluding hydrogens is 250 g/mol. The van der Waals surface area contributed by atoms with Gasteiger partial charge in [-0.1, -0.05) is 31.7 Å². The first kappa shape index (κ1) is 13.7. The van der Waals surface area contributed by atoms with Crippen molar-refractivity contribution in [3.05, 3.63) is 23.8 Å². The minimum Gasteiger partial charge on any atom is -0.486 e. The van der Waals surface area contributed by atoms with Crippen molar-refractivity contribution in [3.63, 3.8) is 0 Å². The molecule has 110 valence electrons. The van der Waals surface area contributed by atoms with Crippen molar-refractivity contribution in [1.29, 1.82) is 0 Å². The number of ether oxygens (including phenoxy) is 2. The minimum absolute atomic E-state index is 0.369. The van der Waals surface area contributed by atoms with Crippen LogP contribution in [0.15, 0.2) is 18.2 Å². The predicted molar refractivity (Wildman–Crippen MR) is 80.5 cm³/mol. The second-order valence-electron chi connectivity index (χ2n) is 5.98. The molecule has 3 rings (SSSR count). The Bertz CT molecular complexity index is 439. The monoisotopic (exact) mass is 275 g/mol. The van der Waals surface area contributed by atoms with Crippen LogP contribution in [0.25, 0.3) is 0 Å². The van der Waals surface area contributed by atoms with Crippen LogP contribution in [0.1, 0.15) is 57.1 Å². The van der Waals surface area contributed by atoms with E-state index in [1.165, 1.54) is 44.1 Å². The molecule has 1 saturated carbocycles. The van der Waals surface area contributed by atoms with Gasteiger partial charge in [-0.3, -0.25) is 0 Å². The zero-order valence-corrected chi connectivity index (χ0v) is 12.4. The number of hydrogen-bond donors (Lipinski definition) is 1. The summed E-state index contributed by atoms with van der Waals surface area (Å²) < 4.78 is 11.3. The summed E-state index contributed by atoms with van der Waals surface area (Å²) in [6.45, 7) is 3.55. The SMILES string of the molecule is CC(NC1CCCCCC1)c1ccc2c(c1)OCCO2. The normalized spacial score (nSPS) is 21.2. The lowest BCUT2D eigenvalue weighted by atomic mass is 10.0. The van der Waals surface area contributed by atoms with Crippen molar-refractivity contribution in [2.75, 3.05) is 13.2 Å². The van der Waals surface area contributed by atoms with Crippen LogP contribution >= 0.6 is 0 Å². The fourth-order valence-electron chi connectivity index (χ4n) is 3.23. The first-order chi connectivity index (χ1) is 9.83. The molecule has 1 aliphatic carbocycles. The van der Waals surface area contributed by atoms with Crippen molar-refractivity contribution in [1.82, 2.24) is 5.32 Å². The fourth-order valence-corrected chi connectivity index (χ4v) is 3.23. The van der Waals surface area contributed by atoms with Crippen LogP contribution in [0, 0.1) is 0 Å². The third-order valence-corrected chi connectivity index (χ3v) is 4.41. The van der Waals surface area contributed by atoms with E-state index >= 15 is 0 Å². The summed E-state index contributed by atoms with van der Waals surface area (Å²) in [5.41, 5.74) is 1.29. The topological polar surface area (TPSA) is 30.5 Å². The van der Waals surface area contributed by atoms with Gasteiger partial charge < -0.3 is 14.8 Å². The van der Waals surface area contributed by atoms with E-state index in [0.29, 0.717) is 25.3 Å². The van der Waals surface area contributed by atoms with Gasteiger partial charge in [0.05, 0.1) is 0 Å². The number of rotatable bonds is 3. The highest BCUT2D eigenvalue weighted by Gasteiger charge is 2.18. The lowest BCUT2D eigenvalue weighted by Gasteiger charge is -2.24. The maximum Gasteiger partial charge on any atom is 0.161 e. The first-order valence-electron chi connectivity index (χ1n) is 7.98. The van der Waals surface area contributed by atoms with Gasteiger partial charge in [0.25, 0.3) is 0 Å². The number of hydrogen-bond acceptors (Lipinski definition) is 3. The third kappa shape index (κ3) is 3.26. The van der Waals surface area contributed by atoms with Gasteiger partial charge in [0.2, 0.25) is 0 Å². The summed E-state index contributed by atoms with van der Waals surface area (Å²) in [5, 5.41) is 3.79. The lowest BCUT2D eigenvalue weighted by molar-refractivity contribution is 0.171. The molecule has 0 bridgehead atoms. The Morgan fingerprint density at radius 3 is 2.45 bits per heavy atom. The molecule has 0 amide bonds. The van der Waals surface area contributed by atoms with E-state index in [-0.39, 0.29) is 0 Å². The highest BCUT2D eigenvalue weighted by Crippen LogP contribution is 2.33. The first-order valence-corrected chi connectivity index (χ1v) is 7.98. The second kappa shape index (κ2) is 6.49. The van der Waals surface area contributed by atoms with Crippen molar-refractivity contribution in [3.8, 4) is 11.5 Å². The van der Waals surface area contributed by atoms with Gasteiger partial charge >= 0.3 is 0 Å². The van der Waals surface area contributed by atoms with Gasteiger partial charge in [0.15, 0.2) is 11.5 Å². The summed E-state index contributed by atoms with van der Waals surface area (Å²) in [7, 11) is 0. The molecule has 1 aromatic rings. The molecule has 20 heavy (non-hydrogen) atoms. The van der Waals surface area contributed by atoms with E-state index in [2.05, 4.69) is 24.4 Å². The summed E-state index contributed by atoms with van der Waals surface area (Å²) in [6.07, 6.45) is 8.16. The molecule has 1 unspecified atom stereocenters. The van der Waals surface area contributed by atoms with Gasteiger partial charge in [-0.15, -0.1) is 0 Å². The maximum absolute atomic E-state index is 5.67. The summed E-state index contributed by atoms with van der Waals surface area (Å²) in [5.74, 6) is 1.77. The second-order valence-corrected chi connectivity index (χ2v) is 5.98. The molecule has 1 aromatic carbocycles. The van der Waals surface area contributed by atoms with Crippen LogP contribution in [-0.2, 0) is 0 Å². The Morgan fingerprint density at radius 1 is 1.00 bits per heavy atom. The zero-order valence-electron chi connectivity index (χ0n) is 12.4. The average molecular weight is 275 g/mol. The molecule has 1 atom stereocenters. The Hall–Kier alpha value is -1.22. The summed E-state index contributed by atoms with van der Waals surface area (Å²) >= 11 is 0. The van der Waals surface area contributed by atoms with E-state index < -0.39 is 0 Å². The number of nitrogens with one attached hydrogen (secondary N) is 1. The average Bonchev–Trinajstić information content (AvgIpc) is 2.75. The third-order valence-electron chi connectivity index (χ3n) is 4.41. The lowest BCUT2D eigenvalue weighted by Crippen LogP contribution is -2.31. The smallest absolute Gasteiger partial charge is 0.161 e. The Morgan fingerprint density at radius 2 is 1.70 bits per heavy atom. The summed E-state index contributed by atoms with van der Waals surface area (Å²) in [6, 6.07) is 7.36. The van der Waals surface area contributed by atoms with Gasteiger partial charge in [-0.05, 0) is 37.5 Å². The van der Waals surface area contributed by atoms with Crippen molar-refractivity contribution >= 4 is 0 Å². The highest BCUT2D eigenvalue weighted by molar-refractivity contribution is 5.44. The van der Waals surface area contributed by atoms with E-state index in [9.17, 15) is 0 Å². The van der Waals surface area contributed by atoms with Crippen LogP contribution in [-0.4, -0.2) is 19.3 Å². The summed E-state index contributed by atoms with van der Waals surface area (Å²) in [4.78, 5) is 0. The standard InChI is InChI=1S/C17H25NO2/c1-13(18-15-6-4-2-3-5-7-15)14-8-9-16-17(12-14)20-11-10-19-16/h8-9,12-13,15,18H,2-7,10-11H2,1H3. The van der Waals surface area contributed by atoms with Crippen molar-refractivity contribution in [2.24, 2.45) is 0 Å². The quantitative estimate of drug-likeness (QED) is 0.850. The molecule has 0 radical (unpaired) electrons. The predicted octanol–water partition coefficient (Wildman–Crippen LogP) is 3.83. The Balaban J connectivity index is 1.65. The highest BCUT2D eigenvalue weighted by atomic mass is 16.6. The van der Waals surface area contributed by atoms with Crippen LogP contribution < -0.4 is 14.8 Å². The zero-order chi connectivity index (χ0) is 13.8. The van der Waals surface area contributed by atoms with Gasteiger partial charge in [-0.25, -0.2) is 0 Å². The van der Waals surface area contributed by atoms with Crippen LogP contribution in [0.3, 0.4) is 0 Å². The molecular formula is C17H25NO2. The molecule has 1 aliphatic heterocycles. The Kier molecular flexibility index (Phi) is 4.46. The van der Waals surface area contributed by atoms with Crippen LogP contribution in [0.2, 0.25) is 0 Å². The number of fused-ring (bicyclic) bond motifs is 1. The van der Waals surface area contributed by atoms with E-state index in [4.69, 9.17) is 9.47 Å². The van der Waals surface area contributed by atoms with Gasteiger partial charge in [-0.2, -0.15) is 0 Å². The minimum atomic E-state index is 0.369. The van der Waals surface area contributed by atoms with E-state index in [1.54, 1.807) is 0 Å². The number of benzene rings is 1. The van der Waals surface area contributed by atoms with E-state index in [1.807, 2.05) is 6.07 Å². The van der Waals surface area contributed by atoms with Crippen LogP contribution in [0.4, 0.5) is 0 Å². The van der Waals surface area contributed by atoms with Gasteiger partial charge in [0.1, 0.15) is 13.2 Å². The van der Waals surface area contributed by atoms with Crippen molar-refractivity contribution in [2.45, 2.75) is 57.5 Å². The molecule has 1 N–H and O–H groups in total. The molecule has 2 aliphatic rings.